The number of thiocarbonyl (C=S) groups is 1. The van der Waals surface area contributed by atoms with Crippen molar-refractivity contribution in [3.05, 3.63) is 53.6 Å². The second-order valence-electron chi connectivity index (χ2n) is 4.41. The fourth-order valence-corrected chi connectivity index (χ4v) is 1.78. The van der Waals surface area contributed by atoms with Crippen molar-refractivity contribution in [2.75, 3.05) is 5.32 Å². The summed E-state index contributed by atoms with van der Waals surface area (Å²) in [4.78, 5) is 0. The number of anilines is 1. The van der Waals surface area contributed by atoms with E-state index in [0.717, 1.165) is 11.3 Å². The van der Waals surface area contributed by atoms with Crippen LogP contribution in [0.3, 0.4) is 0 Å². The van der Waals surface area contributed by atoms with E-state index in [4.69, 9.17) is 12.2 Å². The number of para-hydroxylation sites is 1. The first kappa shape index (κ1) is 14.8. The number of benzene rings is 2. The highest BCUT2D eigenvalue weighted by molar-refractivity contribution is 7.80. The highest BCUT2D eigenvalue weighted by Crippen LogP contribution is 2.26. The average molecular weight is 301 g/mol. The van der Waals surface area contributed by atoms with Gasteiger partial charge in [-0.25, -0.2) is 0 Å². The maximum absolute atomic E-state index is 9.61. The predicted molar refractivity (Wildman–Crippen MR) is 87.9 cm³/mol. The van der Waals surface area contributed by atoms with E-state index in [-0.39, 0.29) is 11.5 Å². The van der Waals surface area contributed by atoms with Crippen molar-refractivity contribution in [3.8, 4) is 11.5 Å². The molecule has 2 aromatic rings. The van der Waals surface area contributed by atoms with E-state index in [1.54, 1.807) is 12.1 Å². The molecule has 0 atom stereocenters. The Morgan fingerprint density at radius 3 is 2.57 bits per heavy atom. The lowest BCUT2D eigenvalue weighted by molar-refractivity contribution is 0.403. The third kappa shape index (κ3) is 4.19. The molecule has 21 heavy (non-hydrogen) atoms. The molecule has 0 aliphatic rings. The Bertz CT molecular complexity index is 669. The van der Waals surface area contributed by atoms with Gasteiger partial charge < -0.3 is 15.5 Å². The second kappa shape index (κ2) is 6.71. The molecule has 0 heterocycles. The SMILES string of the molecule is Cc1ccc(NC(=S)N/N=C/c2cccc(O)c2O)cc1. The first-order valence-electron chi connectivity index (χ1n) is 6.24. The first-order valence-corrected chi connectivity index (χ1v) is 6.65. The molecule has 0 saturated carbocycles. The van der Waals surface area contributed by atoms with Crippen molar-refractivity contribution in [1.29, 1.82) is 0 Å². The Hall–Kier alpha value is -2.60. The van der Waals surface area contributed by atoms with Crippen molar-refractivity contribution < 1.29 is 10.2 Å². The summed E-state index contributed by atoms with van der Waals surface area (Å²) in [6.45, 7) is 2.01. The van der Waals surface area contributed by atoms with Crippen LogP contribution in [0.1, 0.15) is 11.1 Å². The van der Waals surface area contributed by atoms with E-state index in [1.807, 2.05) is 31.2 Å². The number of phenols is 2. The molecule has 0 fully saturated rings. The van der Waals surface area contributed by atoms with Crippen LogP contribution in [0.4, 0.5) is 5.69 Å². The van der Waals surface area contributed by atoms with Crippen LogP contribution < -0.4 is 10.7 Å². The van der Waals surface area contributed by atoms with Crippen LogP contribution in [0, 0.1) is 6.92 Å². The van der Waals surface area contributed by atoms with E-state index in [2.05, 4.69) is 15.8 Å². The number of nitrogens with one attached hydrogen (secondary N) is 2. The summed E-state index contributed by atoms with van der Waals surface area (Å²) in [5.74, 6) is -0.417. The standard InChI is InChI=1S/C15H15N3O2S/c1-10-5-7-12(8-6-10)17-15(21)18-16-9-11-3-2-4-13(19)14(11)20/h2-9,19-20H,1H3,(H2,17,18,21)/b16-9+. The van der Waals surface area contributed by atoms with Gasteiger partial charge >= 0.3 is 0 Å². The van der Waals surface area contributed by atoms with Gasteiger partial charge in [0.2, 0.25) is 0 Å². The molecule has 2 rings (SSSR count). The Labute approximate surface area is 127 Å². The fourth-order valence-electron chi connectivity index (χ4n) is 1.61. The summed E-state index contributed by atoms with van der Waals surface area (Å²) in [7, 11) is 0. The van der Waals surface area contributed by atoms with Crippen LogP contribution >= 0.6 is 12.2 Å². The minimum Gasteiger partial charge on any atom is -0.504 e. The van der Waals surface area contributed by atoms with Gasteiger partial charge in [0, 0.05) is 11.3 Å². The summed E-state index contributed by atoms with van der Waals surface area (Å²) in [5, 5.41) is 26.2. The van der Waals surface area contributed by atoms with Crippen molar-refractivity contribution in [1.82, 2.24) is 5.43 Å². The third-order valence-electron chi connectivity index (χ3n) is 2.73. The molecule has 0 aliphatic heterocycles. The summed E-state index contributed by atoms with van der Waals surface area (Å²) < 4.78 is 0. The van der Waals surface area contributed by atoms with Gasteiger partial charge in [0.1, 0.15) is 0 Å². The van der Waals surface area contributed by atoms with Crippen LogP contribution in [0.2, 0.25) is 0 Å². The normalized spacial score (nSPS) is 10.5. The summed E-state index contributed by atoms with van der Waals surface area (Å²) in [6.07, 6.45) is 1.37. The molecular weight excluding hydrogens is 286 g/mol. The monoisotopic (exact) mass is 301 g/mol. The fraction of sp³-hybridized carbons (Fsp3) is 0.0667. The molecule has 0 bridgehead atoms. The minimum absolute atomic E-state index is 0.195. The van der Waals surface area contributed by atoms with E-state index in [0.29, 0.717) is 10.7 Å². The van der Waals surface area contributed by atoms with Gasteiger partial charge in [-0.1, -0.05) is 23.8 Å². The maximum atomic E-state index is 9.61. The van der Waals surface area contributed by atoms with E-state index < -0.39 is 0 Å². The average Bonchev–Trinajstić information content (AvgIpc) is 2.46. The number of hydrazone groups is 1. The third-order valence-corrected chi connectivity index (χ3v) is 2.92. The molecule has 0 aliphatic carbocycles. The number of aromatic hydroxyl groups is 2. The highest BCUT2D eigenvalue weighted by atomic mass is 32.1. The zero-order valence-electron chi connectivity index (χ0n) is 11.4. The number of hydrogen-bond acceptors (Lipinski definition) is 4. The zero-order valence-corrected chi connectivity index (χ0v) is 12.2. The van der Waals surface area contributed by atoms with Gasteiger partial charge in [-0.15, -0.1) is 0 Å². The Morgan fingerprint density at radius 2 is 1.86 bits per heavy atom. The highest BCUT2D eigenvalue weighted by Gasteiger charge is 2.02. The van der Waals surface area contributed by atoms with Gasteiger partial charge in [0.25, 0.3) is 0 Å². The molecule has 0 aromatic heterocycles. The van der Waals surface area contributed by atoms with E-state index in [1.165, 1.54) is 12.3 Å². The second-order valence-corrected chi connectivity index (χ2v) is 4.81. The van der Waals surface area contributed by atoms with Crippen LogP contribution in [-0.4, -0.2) is 21.5 Å². The molecule has 0 spiro atoms. The Morgan fingerprint density at radius 1 is 1.14 bits per heavy atom. The molecule has 4 N–H and O–H groups in total. The Kier molecular flexibility index (Phi) is 4.73. The quantitative estimate of drug-likeness (QED) is 0.303. The molecule has 0 saturated heterocycles. The molecule has 108 valence electrons. The van der Waals surface area contributed by atoms with E-state index in [9.17, 15) is 10.2 Å². The first-order chi connectivity index (χ1) is 10.1. The van der Waals surface area contributed by atoms with Crippen molar-refractivity contribution in [2.45, 2.75) is 6.92 Å². The predicted octanol–water partition coefficient (Wildman–Crippen LogP) is 2.73. The topological polar surface area (TPSA) is 76.9 Å². The summed E-state index contributed by atoms with van der Waals surface area (Å²) >= 11 is 5.10. The lowest BCUT2D eigenvalue weighted by Crippen LogP contribution is -2.23. The van der Waals surface area contributed by atoms with Crippen LogP contribution in [0.5, 0.6) is 11.5 Å². The molecule has 0 radical (unpaired) electrons. The van der Waals surface area contributed by atoms with Gasteiger partial charge in [-0.2, -0.15) is 5.10 Å². The van der Waals surface area contributed by atoms with Crippen LogP contribution in [-0.2, 0) is 0 Å². The molecule has 2 aromatic carbocycles. The number of rotatable bonds is 3. The molecule has 6 heteroatoms. The van der Waals surface area contributed by atoms with Crippen molar-refractivity contribution >= 4 is 29.2 Å². The van der Waals surface area contributed by atoms with Gasteiger partial charge in [0.05, 0.1) is 6.21 Å². The molecule has 0 amide bonds. The number of phenolic OH excluding ortho intramolecular Hbond substituents is 2. The Balaban J connectivity index is 1.93. The van der Waals surface area contributed by atoms with Crippen molar-refractivity contribution in [2.24, 2.45) is 5.10 Å². The molecule has 0 unspecified atom stereocenters. The lowest BCUT2D eigenvalue weighted by Gasteiger charge is -2.07. The van der Waals surface area contributed by atoms with Gasteiger partial charge in [-0.05, 0) is 43.4 Å². The van der Waals surface area contributed by atoms with Crippen molar-refractivity contribution in [3.63, 3.8) is 0 Å². The van der Waals surface area contributed by atoms with Crippen LogP contribution in [0.25, 0.3) is 0 Å². The van der Waals surface area contributed by atoms with Crippen LogP contribution in [0.15, 0.2) is 47.6 Å². The largest absolute Gasteiger partial charge is 0.504 e. The lowest BCUT2D eigenvalue weighted by atomic mass is 10.2. The molecule has 5 nitrogen and oxygen atoms in total. The minimum atomic E-state index is -0.222. The number of nitrogens with zero attached hydrogens (tertiary/aromatic N) is 1. The summed E-state index contributed by atoms with van der Waals surface area (Å²) in [5.41, 5.74) is 5.05. The number of aryl methyl sites for hydroxylation is 1. The summed E-state index contributed by atoms with van der Waals surface area (Å²) in [6, 6.07) is 12.4. The molecular formula is C15H15N3O2S. The number of hydrogen-bond donors (Lipinski definition) is 4. The van der Waals surface area contributed by atoms with Gasteiger partial charge in [0.15, 0.2) is 16.6 Å². The van der Waals surface area contributed by atoms with E-state index >= 15 is 0 Å². The smallest absolute Gasteiger partial charge is 0.191 e. The van der Waals surface area contributed by atoms with Gasteiger partial charge in [-0.3, -0.25) is 5.43 Å². The maximum Gasteiger partial charge on any atom is 0.191 e. The zero-order chi connectivity index (χ0) is 15.2.